The fraction of sp³-hybridized carbons (Fsp3) is 0.692. The second-order valence-corrected chi connectivity index (χ2v) is 4.51. The SMILES string of the molecule is C=C(/C(C)=C/N1CCOCC1)N1CCOCC1. The highest BCUT2D eigenvalue weighted by Crippen LogP contribution is 2.15. The van der Waals surface area contributed by atoms with Crippen molar-refractivity contribution in [2.75, 3.05) is 52.6 Å². The van der Waals surface area contributed by atoms with Crippen LogP contribution in [-0.4, -0.2) is 62.4 Å². The summed E-state index contributed by atoms with van der Waals surface area (Å²) in [5, 5.41) is 0. The maximum atomic E-state index is 5.35. The molecule has 0 bridgehead atoms. The minimum atomic E-state index is 0.809. The molecule has 0 aromatic rings. The van der Waals surface area contributed by atoms with Crippen LogP contribution in [0.3, 0.4) is 0 Å². The quantitative estimate of drug-likeness (QED) is 0.687. The van der Waals surface area contributed by atoms with Gasteiger partial charge in [-0.2, -0.15) is 0 Å². The Kier molecular flexibility index (Phi) is 4.45. The fourth-order valence-electron chi connectivity index (χ4n) is 2.14. The summed E-state index contributed by atoms with van der Waals surface area (Å²) in [5.41, 5.74) is 2.37. The van der Waals surface area contributed by atoms with E-state index in [1.807, 2.05) is 0 Å². The van der Waals surface area contributed by atoms with Crippen LogP contribution in [0.5, 0.6) is 0 Å². The van der Waals surface area contributed by atoms with Gasteiger partial charge in [0.25, 0.3) is 0 Å². The lowest BCUT2D eigenvalue weighted by Gasteiger charge is -2.32. The molecule has 0 atom stereocenters. The predicted octanol–water partition coefficient (Wildman–Crippen LogP) is 1.07. The molecule has 0 radical (unpaired) electrons. The largest absolute Gasteiger partial charge is 0.378 e. The Balaban J connectivity index is 1.90. The van der Waals surface area contributed by atoms with E-state index in [-0.39, 0.29) is 0 Å². The van der Waals surface area contributed by atoms with Gasteiger partial charge in [-0.1, -0.05) is 6.58 Å². The molecule has 96 valence electrons. The van der Waals surface area contributed by atoms with Crippen LogP contribution < -0.4 is 0 Å². The van der Waals surface area contributed by atoms with Gasteiger partial charge < -0.3 is 19.3 Å². The van der Waals surface area contributed by atoms with E-state index in [2.05, 4.69) is 29.5 Å². The molecule has 2 aliphatic heterocycles. The van der Waals surface area contributed by atoms with Crippen LogP contribution in [0.25, 0.3) is 0 Å². The van der Waals surface area contributed by atoms with Crippen molar-refractivity contribution in [3.05, 3.63) is 24.0 Å². The number of ether oxygens (including phenoxy) is 2. The Morgan fingerprint density at radius 2 is 1.53 bits per heavy atom. The first-order chi connectivity index (χ1) is 8.27. The van der Waals surface area contributed by atoms with Crippen LogP contribution in [0.15, 0.2) is 24.0 Å². The van der Waals surface area contributed by atoms with Gasteiger partial charge in [0, 0.05) is 38.1 Å². The van der Waals surface area contributed by atoms with E-state index in [4.69, 9.17) is 9.47 Å². The van der Waals surface area contributed by atoms with E-state index in [0.717, 1.165) is 58.3 Å². The maximum Gasteiger partial charge on any atom is 0.0642 e. The Labute approximate surface area is 103 Å². The predicted molar refractivity (Wildman–Crippen MR) is 67.7 cm³/mol. The number of nitrogens with zero attached hydrogens (tertiary/aromatic N) is 2. The van der Waals surface area contributed by atoms with Crippen LogP contribution >= 0.6 is 0 Å². The van der Waals surface area contributed by atoms with E-state index in [9.17, 15) is 0 Å². The summed E-state index contributed by atoms with van der Waals surface area (Å²) < 4.78 is 10.7. The van der Waals surface area contributed by atoms with Crippen molar-refractivity contribution in [2.24, 2.45) is 0 Å². The second kappa shape index (κ2) is 6.07. The molecule has 4 nitrogen and oxygen atoms in total. The van der Waals surface area contributed by atoms with Gasteiger partial charge in [0.05, 0.1) is 26.4 Å². The van der Waals surface area contributed by atoms with E-state index in [1.165, 1.54) is 5.57 Å². The molecule has 0 aromatic heterocycles. The van der Waals surface area contributed by atoms with Crippen molar-refractivity contribution in [3.8, 4) is 0 Å². The summed E-state index contributed by atoms with van der Waals surface area (Å²) in [6.45, 7) is 13.5. The van der Waals surface area contributed by atoms with Crippen molar-refractivity contribution in [1.82, 2.24) is 9.80 Å². The van der Waals surface area contributed by atoms with Gasteiger partial charge in [0.1, 0.15) is 0 Å². The van der Waals surface area contributed by atoms with Gasteiger partial charge in [-0.3, -0.25) is 0 Å². The van der Waals surface area contributed by atoms with Gasteiger partial charge >= 0.3 is 0 Å². The van der Waals surface area contributed by atoms with Gasteiger partial charge in [-0.25, -0.2) is 0 Å². The highest BCUT2D eigenvalue weighted by molar-refractivity contribution is 5.25. The molecule has 0 aromatic carbocycles. The number of hydrogen-bond acceptors (Lipinski definition) is 4. The molecule has 0 amide bonds. The summed E-state index contributed by atoms with van der Waals surface area (Å²) in [5.74, 6) is 0. The van der Waals surface area contributed by atoms with Crippen LogP contribution in [0.2, 0.25) is 0 Å². The molecule has 0 spiro atoms. The van der Waals surface area contributed by atoms with Crippen LogP contribution in [0.4, 0.5) is 0 Å². The normalized spacial score (nSPS) is 22.8. The topological polar surface area (TPSA) is 24.9 Å². The number of hydrogen-bond donors (Lipinski definition) is 0. The molecular formula is C13H22N2O2. The lowest BCUT2D eigenvalue weighted by Crippen LogP contribution is -2.36. The molecule has 2 fully saturated rings. The number of morpholine rings is 2. The molecule has 2 aliphatic rings. The first-order valence-electron chi connectivity index (χ1n) is 6.29. The lowest BCUT2D eigenvalue weighted by atomic mass is 10.2. The molecule has 2 heterocycles. The van der Waals surface area contributed by atoms with E-state index in [1.54, 1.807) is 0 Å². The van der Waals surface area contributed by atoms with Crippen molar-refractivity contribution in [1.29, 1.82) is 0 Å². The lowest BCUT2D eigenvalue weighted by molar-refractivity contribution is 0.0533. The summed E-state index contributed by atoms with van der Waals surface area (Å²) in [4.78, 5) is 4.61. The van der Waals surface area contributed by atoms with Crippen molar-refractivity contribution in [3.63, 3.8) is 0 Å². The highest BCUT2D eigenvalue weighted by atomic mass is 16.5. The van der Waals surface area contributed by atoms with Crippen LogP contribution in [-0.2, 0) is 9.47 Å². The molecule has 0 saturated carbocycles. The van der Waals surface area contributed by atoms with Crippen molar-refractivity contribution < 1.29 is 9.47 Å². The molecule has 0 aliphatic carbocycles. The molecule has 17 heavy (non-hydrogen) atoms. The number of rotatable bonds is 3. The zero-order chi connectivity index (χ0) is 12.1. The fourth-order valence-corrected chi connectivity index (χ4v) is 2.14. The number of allylic oxidation sites excluding steroid dienone is 1. The maximum absolute atomic E-state index is 5.35. The van der Waals surface area contributed by atoms with Gasteiger partial charge in [0.15, 0.2) is 0 Å². The summed E-state index contributed by atoms with van der Waals surface area (Å²) in [6.07, 6.45) is 2.21. The van der Waals surface area contributed by atoms with Crippen LogP contribution in [0.1, 0.15) is 6.92 Å². The zero-order valence-electron chi connectivity index (χ0n) is 10.7. The Morgan fingerprint density at radius 3 is 2.12 bits per heavy atom. The second-order valence-electron chi connectivity index (χ2n) is 4.51. The van der Waals surface area contributed by atoms with Crippen LogP contribution in [0, 0.1) is 0 Å². The molecule has 2 rings (SSSR count). The summed E-state index contributed by atoms with van der Waals surface area (Å²) in [7, 11) is 0. The Hall–Kier alpha value is -1.00. The van der Waals surface area contributed by atoms with Crippen molar-refractivity contribution >= 4 is 0 Å². The summed E-state index contributed by atoms with van der Waals surface area (Å²) in [6, 6.07) is 0. The minimum Gasteiger partial charge on any atom is -0.378 e. The van der Waals surface area contributed by atoms with Gasteiger partial charge in [0.2, 0.25) is 0 Å². The smallest absolute Gasteiger partial charge is 0.0642 e. The average Bonchev–Trinajstić information content (AvgIpc) is 2.40. The Bertz CT molecular complexity index is 290. The molecule has 4 heteroatoms. The third kappa shape index (κ3) is 3.48. The van der Waals surface area contributed by atoms with Gasteiger partial charge in [-0.15, -0.1) is 0 Å². The van der Waals surface area contributed by atoms with E-state index >= 15 is 0 Å². The standard InChI is InChI=1S/C13H22N2O2/c1-12(11-14-3-7-16-8-4-14)13(2)15-5-9-17-10-6-15/h11H,2-10H2,1H3/b12-11+. The molecule has 0 N–H and O–H groups in total. The first kappa shape index (κ1) is 12.5. The van der Waals surface area contributed by atoms with E-state index in [0.29, 0.717) is 0 Å². The zero-order valence-corrected chi connectivity index (χ0v) is 10.7. The van der Waals surface area contributed by atoms with E-state index < -0.39 is 0 Å². The van der Waals surface area contributed by atoms with Crippen molar-refractivity contribution in [2.45, 2.75) is 6.92 Å². The molecule has 2 saturated heterocycles. The minimum absolute atomic E-state index is 0.809. The van der Waals surface area contributed by atoms with Gasteiger partial charge in [-0.05, 0) is 12.5 Å². The summed E-state index contributed by atoms with van der Waals surface area (Å²) >= 11 is 0. The third-order valence-electron chi connectivity index (χ3n) is 3.27. The Morgan fingerprint density at radius 1 is 1.00 bits per heavy atom. The monoisotopic (exact) mass is 238 g/mol. The highest BCUT2D eigenvalue weighted by Gasteiger charge is 2.14. The molecule has 0 unspecified atom stereocenters. The third-order valence-corrected chi connectivity index (χ3v) is 3.27. The average molecular weight is 238 g/mol. The first-order valence-corrected chi connectivity index (χ1v) is 6.29. The molecular weight excluding hydrogens is 216 g/mol.